The van der Waals surface area contributed by atoms with Crippen LogP contribution in [-0.2, 0) is 4.79 Å². The zero-order valence-electron chi connectivity index (χ0n) is 11.1. The van der Waals surface area contributed by atoms with E-state index in [9.17, 15) is 4.79 Å². The average Bonchev–Trinajstić information content (AvgIpc) is 2.23. The maximum absolute atomic E-state index is 12.0. The number of nitrogens with zero attached hydrogens (tertiary/aromatic N) is 1. The number of hydrogen-bond acceptors (Lipinski definition) is 2. The van der Waals surface area contributed by atoms with Crippen LogP contribution in [-0.4, -0.2) is 36.5 Å². The van der Waals surface area contributed by atoms with Crippen LogP contribution in [0.4, 0.5) is 0 Å². The number of carbonyl (C=O) groups is 1. The minimum absolute atomic E-state index is 0.263. The van der Waals surface area contributed by atoms with Crippen molar-refractivity contribution in [1.82, 2.24) is 10.2 Å². The molecule has 0 saturated carbocycles. The first-order valence-electron chi connectivity index (χ1n) is 6.56. The van der Waals surface area contributed by atoms with Gasteiger partial charge >= 0.3 is 0 Å². The molecule has 1 saturated heterocycles. The molecule has 1 N–H and O–H groups in total. The van der Waals surface area contributed by atoms with Gasteiger partial charge in [-0.1, -0.05) is 20.8 Å². The van der Waals surface area contributed by atoms with Crippen molar-refractivity contribution in [2.24, 2.45) is 11.8 Å². The van der Waals surface area contributed by atoms with Crippen molar-refractivity contribution < 1.29 is 4.79 Å². The Morgan fingerprint density at radius 1 is 1.38 bits per heavy atom. The Kier molecular flexibility index (Phi) is 5.26. The summed E-state index contributed by atoms with van der Waals surface area (Å²) in [4.78, 5) is 14.1. The SMILES string of the molecule is CCCNCC(=O)N1CC(C)CC(C)C1C. The molecule has 0 radical (unpaired) electrons. The summed E-state index contributed by atoms with van der Waals surface area (Å²) >= 11 is 0. The molecule has 0 aromatic rings. The van der Waals surface area contributed by atoms with Crippen molar-refractivity contribution in [1.29, 1.82) is 0 Å². The third-order valence-corrected chi connectivity index (χ3v) is 3.62. The molecule has 0 aliphatic carbocycles. The molecular formula is C13H26N2O. The Hall–Kier alpha value is -0.570. The van der Waals surface area contributed by atoms with E-state index in [4.69, 9.17) is 0 Å². The van der Waals surface area contributed by atoms with E-state index in [-0.39, 0.29) is 5.91 Å². The highest BCUT2D eigenvalue weighted by Crippen LogP contribution is 2.26. The molecule has 0 aromatic heterocycles. The van der Waals surface area contributed by atoms with Gasteiger partial charge in [0.1, 0.15) is 0 Å². The topological polar surface area (TPSA) is 32.3 Å². The Morgan fingerprint density at radius 2 is 2.06 bits per heavy atom. The lowest BCUT2D eigenvalue weighted by Gasteiger charge is -2.41. The lowest BCUT2D eigenvalue weighted by Crippen LogP contribution is -2.51. The molecule has 3 nitrogen and oxygen atoms in total. The summed E-state index contributed by atoms with van der Waals surface area (Å²) in [5.41, 5.74) is 0. The molecule has 0 spiro atoms. The highest BCUT2D eigenvalue weighted by Gasteiger charge is 2.31. The first-order valence-corrected chi connectivity index (χ1v) is 6.56. The monoisotopic (exact) mass is 226 g/mol. The summed E-state index contributed by atoms with van der Waals surface area (Å²) in [6.45, 7) is 11.1. The fourth-order valence-corrected chi connectivity index (χ4v) is 2.52. The van der Waals surface area contributed by atoms with Gasteiger partial charge in [0.25, 0.3) is 0 Å². The zero-order valence-corrected chi connectivity index (χ0v) is 11.1. The van der Waals surface area contributed by atoms with Crippen LogP contribution in [0.5, 0.6) is 0 Å². The molecular weight excluding hydrogens is 200 g/mol. The van der Waals surface area contributed by atoms with Crippen LogP contribution in [0.3, 0.4) is 0 Å². The third-order valence-electron chi connectivity index (χ3n) is 3.62. The van der Waals surface area contributed by atoms with E-state index < -0.39 is 0 Å². The second kappa shape index (κ2) is 6.24. The predicted molar refractivity (Wildman–Crippen MR) is 67.3 cm³/mol. The number of nitrogens with one attached hydrogen (secondary N) is 1. The molecule has 0 aromatic carbocycles. The van der Waals surface area contributed by atoms with Crippen LogP contribution in [0.2, 0.25) is 0 Å². The van der Waals surface area contributed by atoms with Crippen LogP contribution in [0.15, 0.2) is 0 Å². The molecule has 1 amide bonds. The smallest absolute Gasteiger partial charge is 0.236 e. The Balaban J connectivity index is 2.46. The van der Waals surface area contributed by atoms with Gasteiger partial charge in [-0.3, -0.25) is 4.79 Å². The normalized spacial score (nSPS) is 30.5. The largest absolute Gasteiger partial charge is 0.338 e. The van der Waals surface area contributed by atoms with Gasteiger partial charge < -0.3 is 10.2 Å². The van der Waals surface area contributed by atoms with Gasteiger partial charge in [-0.2, -0.15) is 0 Å². The van der Waals surface area contributed by atoms with E-state index in [1.54, 1.807) is 0 Å². The third kappa shape index (κ3) is 3.48. The molecule has 3 unspecified atom stereocenters. The van der Waals surface area contributed by atoms with Crippen molar-refractivity contribution in [2.45, 2.75) is 46.6 Å². The molecule has 3 atom stereocenters. The summed E-state index contributed by atoms with van der Waals surface area (Å²) in [5, 5.41) is 3.19. The first kappa shape index (κ1) is 13.5. The maximum Gasteiger partial charge on any atom is 0.236 e. The Bertz CT molecular complexity index is 230. The summed E-state index contributed by atoms with van der Waals surface area (Å²) in [6.07, 6.45) is 2.32. The van der Waals surface area contributed by atoms with Crippen molar-refractivity contribution in [3.05, 3.63) is 0 Å². The number of amides is 1. The zero-order chi connectivity index (χ0) is 12.1. The minimum atomic E-state index is 0.263. The van der Waals surface area contributed by atoms with Gasteiger partial charge in [0, 0.05) is 12.6 Å². The fraction of sp³-hybridized carbons (Fsp3) is 0.923. The van der Waals surface area contributed by atoms with E-state index in [0.717, 1.165) is 19.5 Å². The molecule has 94 valence electrons. The van der Waals surface area contributed by atoms with Crippen LogP contribution < -0.4 is 5.32 Å². The highest BCUT2D eigenvalue weighted by atomic mass is 16.2. The van der Waals surface area contributed by atoms with Gasteiger partial charge in [-0.05, 0) is 38.1 Å². The van der Waals surface area contributed by atoms with E-state index in [1.807, 2.05) is 0 Å². The van der Waals surface area contributed by atoms with E-state index in [2.05, 4.69) is 37.9 Å². The molecule has 1 fully saturated rings. The van der Waals surface area contributed by atoms with Crippen LogP contribution >= 0.6 is 0 Å². The number of carbonyl (C=O) groups excluding carboxylic acids is 1. The van der Waals surface area contributed by atoms with Crippen LogP contribution in [0.25, 0.3) is 0 Å². The van der Waals surface area contributed by atoms with E-state index >= 15 is 0 Å². The molecule has 1 rings (SSSR count). The minimum Gasteiger partial charge on any atom is -0.338 e. The molecule has 1 heterocycles. The number of hydrogen-bond donors (Lipinski definition) is 1. The van der Waals surface area contributed by atoms with Gasteiger partial charge in [0.15, 0.2) is 0 Å². The highest BCUT2D eigenvalue weighted by molar-refractivity contribution is 5.78. The van der Waals surface area contributed by atoms with Crippen molar-refractivity contribution in [3.63, 3.8) is 0 Å². The standard InChI is InChI=1S/C13H26N2O/c1-5-6-14-8-13(16)15-9-10(2)7-11(3)12(15)4/h10-12,14H,5-9H2,1-4H3. The fourth-order valence-electron chi connectivity index (χ4n) is 2.52. The molecule has 16 heavy (non-hydrogen) atoms. The van der Waals surface area contributed by atoms with Gasteiger partial charge in [0.2, 0.25) is 5.91 Å². The summed E-state index contributed by atoms with van der Waals surface area (Å²) in [6, 6.07) is 0.395. The number of piperidine rings is 1. The predicted octanol–water partition coefficient (Wildman–Crippen LogP) is 1.88. The molecule has 3 heteroatoms. The quantitative estimate of drug-likeness (QED) is 0.742. The maximum atomic E-state index is 12.0. The van der Waals surface area contributed by atoms with Gasteiger partial charge in [-0.25, -0.2) is 0 Å². The summed E-state index contributed by atoms with van der Waals surface area (Å²) < 4.78 is 0. The molecule has 1 aliphatic rings. The van der Waals surface area contributed by atoms with E-state index in [1.165, 1.54) is 6.42 Å². The average molecular weight is 226 g/mol. The first-order chi connectivity index (χ1) is 7.56. The lowest BCUT2D eigenvalue weighted by atomic mass is 9.86. The summed E-state index contributed by atoms with van der Waals surface area (Å²) in [7, 11) is 0. The number of likely N-dealkylation sites (tertiary alicyclic amines) is 1. The lowest BCUT2D eigenvalue weighted by molar-refractivity contribution is -0.136. The van der Waals surface area contributed by atoms with Crippen LogP contribution in [0.1, 0.15) is 40.5 Å². The Labute approximate surface area is 99.6 Å². The number of rotatable bonds is 4. The van der Waals surface area contributed by atoms with Gasteiger partial charge in [0.05, 0.1) is 6.54 Å². The second-order valence-corrected chi connectivity index (χ2v) is 5.28. The Morgan fingerprint density at radius 3 is 2.69 bits per heavy atom. The van der Waals surface area contributed by atoms with E-state index in [0.29, 0.717) is 24.4 Å². The summed E-state index contributed by atoms with van der Waals surface area (Å²) in [5.74, 6) is 1.53. The second-order valence-electron chi connectivity index (χ2n) is 5.28. The van der Waals surface area contributed by atoms with Crippen LogP contribution in [0, 0.1) is 11.8 Å². The van der Waals surface area contributed by atoms with Crippen molar-refractivity contribution in [3.8, 4) is 0 Å². The van der Waals surface area contributed by atoms with Gasteiger partial charge in [-0.15, -0.1) is 0 Å². The molecule has 0 bridgehead atoms. The van der Waals surface area contributed by atoms with Crippen molar-refractivity contribution in [2.75, 3.05) is 19.6 Å². The molecule has 1 aliphatic heterocycles. The van der Waals surface area contributed by atoms with Crippen molar-refractivity contribution >= 4 is 5.91 Å².